The highest BCUT2D eigenvalue weighted by molar-refractivity contribution is 9.11. The zero-order valence-corrected chi connectivity index (χ0v) is 32.8. The Morgan fingerprint density at radius 1 is 0.635 bits per heavy atom. The molecule has 0 saturated carbocycles. The fourth-order valence-electron chi connectivity index (χ4n) is 4.50. The number of phenolic OH excluding ortho intramolecular Hbond substituents is 2. The summed E-state index contributed by atoms with van der Waals surface area (Å²) in [4.78, 5) is 44.2. The van der Waals surface area contributed by atoms with Crippen molar-refractivity contribution >= 4 is 90.2 Å². The number of anilines is 2. The third-order valence-electron chi connectivity index (χ3n) is 6.87. The number of aromatic hydroxyl groups is 2. The van der Waals surface area contributed by atoms with Gasteiger partial charge in [-0.3, -0.25) is 19.2 Å². The number of carbonyl (C=O) groups is 4. The Morgan fingerprint density at radius 2 is 1.00 bits per heavy atom. The Morgan fingerprint density at radius 3 is 1.37 bits per heavy atom. The van der Waals surface area contributed by atoms with Gasteiger partial charge in [0.15, 0.2) is 11.5 Å². The minimum absolute atomic E-state index is 0.0938. The molecule has 0 bridgehead atoms. The van der Waals surface area contributed by atoms with Crippen LogP contribution in [-0.2, 0) is 19.2 Å². The molecule has 4 aromatic carbocycles. The van der Waals surface area contributed by atoms with E-state index in [0.717, 1.165) is 5.56 Å². The molecule has 276 valence electrons. The molecule has 52 heavy (non-hydrogen) atoms. The van der Waals surface area contributed by atoms with Gasteiger partial charge in [-0.1, -0.05) is 50.9 Å². The second-order valence-electron chi connectivity index (χ2n) is 11.7. The molecule has 16 heteroatoms. The molecule has 4 rings (SSSR count). The number of hydrogen-bond donors (Lipinski definition) is 6. The predicted molar refractivity (Wildman–Crippen MR) is 205 cm³/mol. The molecular formula is C36H34Br2Cl2N2O10. The molecule has 12 nitrogen and oxygen atoms in total. The molecule has 0 aromatic heterocycles. The fraction of sp³-hybridized carbons (Fsp3) is 0.222. The standard InChI is InChI=1S/C18H17Br2NO5.C18H17Cl2NO5/c2*1-9(2)12-7-11(3-4-15(12)22)26-18-13(19)5-10(6-14(18)20)21-16(23)8-17(24)25/h2*3-7,9,22H,8H2,1-2H3,(H,21,23)(H,24,25). The van der Waals surface area contributed by atoms with Crippen molar-refractivity contribution in [2.45, 2.75) is 52.4 Å². The smallest absolute Gasteiger partial charge is 0.312 e. The molecule has 4 aromatic rings. The van der Waals surface area contributed by atoms with E-state index in [1.54, 1.807) is 42.5 Å². The van der Waals surface area contributed by atoms with Gasteiger partial charge >= 0.3 is 11.9 Å². The number of nitrogens with one attached hydrogen (secondary N) is 2. The number of amides is 2. The average molecular weight is 885 g/mol. The highest BCUT2D eigenvalue weighted by Gasteiger charge is 2.17. The SMILES string of the molecule is CC(C)c1cc(Oc2c(Br)cc(NC(=O)CC(=O)O)cc2Br)ccc1O.CC(C)c1cc(Oc2c(Cl)cc(NC(=O)CC(=O)O)cc2Cl)ccc1O. The van der Waals surface area contributed by atoms with Crippen molar-refractivity contribution in [2.24, 2.45) is 0 Å². The molecule has 0 spiro atoms. The number of phenols is 2. The zero-order valence-electron chi connectivity index (χ0n) is 28.1. The van der Waals surface area contributed by atoms with E-state index in [9.17, 15) is 29.4 Å². The predicted octanol–water partition coefficient (Wildman–Crippen LogP) is 10.3. The monoisotopic (exact) mass is 882 g/mol. The molecule has 0 saturated heterocycles. The van der Waals surface area contributed by atoms with Crippen molar-refractivity contribution in [3.8, 4) is 34.5 Å². The highest BCUT2D eigenvalue weighted by Crippen LogP contribution is 2.42. The van der Waals surface area contributed by atoms with Crippen LogP contribution in [0.2, 0.25) is 10.0 Å². The number of hydrogen-bond acceptors (Lipinski definition) is 8. The lowest BCUT2D eigenvalue weighted by atomic mass is 10.0. The number of carboxylic acids is 2. The highest BCUT2D eigenvalue weighted by atomic mass is 79.9. The van der Waals surface area contributed by atoms with Crippen LogP contribution in [0.25, 0.3) is 0 Å². The molecule has 2 amide bonds. The van der Waals surface area contributed by atoms with Gasteiger partial charge in [-0.05, 0) is 104 Å². The Labute approximate surface area is 325 Å². The van der Waals surface area contributed by atoms with Crippen LogP contribution >= 0.6 is 55.1 Å². The maximum atomic E-state index is 11.6. The fourth-order valence-corrected chi connectivity index (χ4v) is 6.41. The van der Waals surface area contributed by atoms with Crippen LogP contribution in [0.3, 0.4) is 0 Å². The van der Waals surface area contributed by atoms with Crippen LogP contribution < -0.4 is 20.1 Å². The number of aliphatic carboxylic acids is 2. The maximum Gasteiger partial charge on any atom is 0.312 e. The van der Waals surface area contributed by atoms with E-state index in [2.05, 4.69) is 42.5 Å². The summed E-state index contributed by atoms with van der Waals surface area (Å²) in [6.07, 6.45) is -1.28. The Kier molecular flexibility index (Phi) is 15.2. The van der Waals surface area contributed by atoms with Gasteiger partial charge in [0, 0.05) is 22.5 Å². The molecule has 0 unspecified atom stereocenters. The zero-order chi connectivity index (χ0) is 38.9. The first-order valence-electron chi connectivity index (χ1n) is 15.4. The van der Waals surface area contributed by atoms with E-state index in [1.807, 2.05) is 27.7 Å². The van der Waals surface area contributed by atoms with Gasteiger partial charge in [-0.2, -0.15) is 0 Å². The second kappa shape index (κ2) is 18.8. The van der Waals surface area contributed by atoms with Gasteiger partial charge in [-0.25, -0.2) is 0 Å². The summed E-state index contributed by atoms with van der Waals surface area (Å²) in [6, 6.07) is 15.8. The molecular weight excluding hydrogens is 851 g/mol. The molecule has 0 fully saturated rings. The first-order valence-corrected chi connectivity index (χ1v) is 17.7. The van der Waals surface area contributed by atoms with E-state index >= 15 is 0 Å². The van der Waals surface area contributed by atoms with Crippen molar-refractivity contribution in [3.63, 3.8) is 0 Å². The van der Waals surface area contributed by atoms with Crippen LogP contribution in [0.4, 0.5) is 11.4 Å². The van der Waals surface area contributed by atoms with Crippen LogP contribution in [0.5, 0.6) is 34.5 Å². The number of halogens is 4. The molecule has 0 atom stereocenters. The normalized spacial score (nSPS) is 10.7. The Balaban J connectivity index is 0.000000280. The summed E-state index contributed by atoms with van der Waals surface area (Å²) in [6.45, 7) is 7.82. The first-order chi connectivity index (χ1) is 24.3. The minimum Gasteiger partial charge on any atom is -0.508 e. The average Bonchev–Trinajstić information content (AvgIpc) is 3.01. The second-order valence-corrected chi connectivity index (χ2v) is 14.3. The molecule has 6 N–H and O–H groups in total. The largest absolute Gasteiger partial charge is 0.508 e. The maximum absolute atomic E-state index is 11.6. The van der Waals surface area contributed by atoms with Gasteiger partial charge in [0.1, 0.15) is 35.8 Å². The van der Waals surface area contributed by atoms with Crippen LogP contribution in [0, 0.1) is 0 Å². The van der Waals surface area contributed by atoms with Crippen molar-refractivity contribution in [3.05, 3.63) is 90.8 Å². The summed E-state index contributed by atoms with van der Waals surface area (Å²) >= 11 is 19.1. The molecule has 0 aliphatic heterocycles. The van der Waals surface area contributed by atoms with Gasteiger partial charge in [0.25, 0.3) is 0 Å². The quantitative estimate of drug-likeness (QED) is 0.0746. The summed E-state index contributed by atoms with van der Waals surface area (Å²) in [5, 5.41) is 42.2. The minimum atomic E-state index is -1.24. The van der Waals surface area contributed by atoms with Crippen LogP contribution in [0.1, 0.15) is 63.5 Å². The lowest BCUT2D eigenvalue weighted by Gasteiger charge is -2.15. The number of carbonyl (C=O) groups excluding carboxylic acids is 2. The third-order valence-corrected chi connectivity index (χ3v) is 8.61. The summed E-state index contributed by atoms with van der Waals surface area (Å²) in [7, 11) is 0. The summed E-state index contributed by atoms with van der Waals surface area (Å²) in [5.74, 6) is -1.48. The summed E-state index contributed by atoms with van der Waals surface area (Å²) < 4.78 is 12.8. The number of carboxylic acid groups (broad SMARTS) is 2. The number of ether oxygens (including phenoxy) is 2. The Bertz CT molecular complexity index is 1800. The van der Waals surface area contributed by atoms with E-state index in [4.69, 9.17) is 42.9 Å². The van der Waals surface area contributed by atoms with E-state index < -0.39 is 36.6 Å². The number of benzene rings is 4. The molecule has 0 aliphatic rings. The van der Waals surface area contributed by atoms with E-state index in [-0.39, 0.29) is 44.8 Å². The topological polar surface area (TPSA) is 192 Å². The van der Waals surface area contributed by atoms with Gasteiger partial charge < -0.3 is 40.5 Å². The van der Waals surface area contributed by atoms with Gasteiger partial charge in [0.2, 0.25) is 11.8 Å². The van der Waals surface area contributed by atoms with Crippen LogP contribution in [0.15, 0.2) is 69.6 Å². The Hall–Kier alpha value is -4.50. The molecule has 0 radical (unpaired) electrons. The molecule has 0 heterocycles. The summed E-state index contributed by atoms with van der Waals surface area (Å²) in [5.41, 5.74) is 2.17. The third kappa shape index (κ3) is 12.3. The van der Waals surface area contributed by atoms with Crippen molar-refractivity contribution in [1.29, 1.82) is 0 Å². The lowest BCUT2D eigenvalue weighted by Crippen LogP contribution is -2.15. The van der Waals surface area contributed by atoms with E-state index in [0.29, 0.717) is 37.4 Å². The van der Waals surface area contributed by atoms with Crippen molar-refractivity contribution in [1.82, 2.24) is 0 Å². The van der Waals surface area contributed by atoms with Gasteiger partial charge in [0.05, 0.1) is 19.0 Å². The van der Waals surface area contributed by atoms with Gasteiger partial charge in [-0.15, -0.1) is 0 Å². The molecule has 0 aliphatic carbocycles. The van der Waals surface area contributed by atoms with Crippen molar-refractivity contribution < 1.29 is 49.1 Å². The van der Waals surface area contributed by atoms with Crippen molar-refractivity contribution in [2.75, 3.05) is 10.6 Å². The van der Waals surface area contributed by atoms with E-state index in [1.165, 1.54) is 18.2 Å². The lowest BCUT2D eigenvalue weighted by molar-refractivity contribution is -0.141. The van der Waals surface area contributed by atoms with Crippen LogP contribution in [-0.4, -0.2) is 44.2 Å². The first kappa shape index (κ1) is 41.9. The number of rotatable bonds is 12.